The molecule has 0 bridgehead atoms. The predicted molar refractivity (Wildman–Crippen MR) is 260 cm³/mol. The summed E-state index contributed by atoms with van der Waals surface area (Å²) < 4.78 is 5.03. The van der Waals surface area contributed by atoms with Gasteiger partial charge in [-0.05, 0) is 66.5 Å². The Morgan fingerprint density at radius 3 is 1.59 bits per heavy atom. The number of nitrogens with zero attached hydrogens (tertiary/aromatic N) is 5. The maximum Gasteiger partial charge on any atom is 0.164 e. The van der Waals surface area contributed by atoms with Crippen LogP contribution < -0.4 is 0 Å². The van der Waals surface area contributed by atoms with E-state index in [0.29, 0.717) is 23.9 Å². The maximum atomic E-state index is 5.23. The summed E-state index contributed by atoms with van der Waals surface area (Å²) in [5.41, 5.74) is 15.8. The Bertz CT molecular complexity index is 3470. The van der Waals surface area contributed by atoms with Crippen molar-refractivity contribution in [2.45, 2.75) is 19.3 Å². The molecule has 10 aromatic rings. The molecule has 0 saturated carbocycles. The first kappa shape index (κ1) is 36.5. The molecule has 0 amide bonds. The summed E-state index contributed by atoms with van der Waals surface area (Å²) in [6.07, 6.45) is 11.0. The Labute approximate surface area is 365 Å². The van der Waals surface area contributed by atoms with E-state index in [1.54, 1.807) is 0 Å². The summed E-state index contributed by atoms with van der Waals surface area (Å²) >= 11 is 0. The van der Waals surface area contributed by atoms with E-state index in [1.807, 2.05) is 42.5 Å². The molecule has 7 aromatic carbocycles. The van der Waals surface area contributed by atoms with Crippen molar-refractivity contribution in [1.29, 1.82) is 0 Å². The van der Waals surface area contributed by atoms with Crippen LogP contribution in [0.3, 0.4) is 0 Å². The fourth-order valence-corrected chi connectivity index (χ4v) is 9.56. The van der Waals surface area contributed by atoms with Crippen LogP contribution in [0.15, 0.2) is 194 Å². The number of fused-ring (bicyclic) bond motifs is 6. The molecule has 12 rings (SSSR count). The van der Waals surface area contributed by atoms with Gasteiger partial charge >= 0.3 is 0 Å². The highest BCUT2D eigenvalue weighted by molar-refractivity contribution is 6.11. The zero-order valence-electron chi connectivity index (χ0n) is 34.4. The Hall–Kier alpha value is -8.33. The minimum atomic E-state index is 0.596. The van der Waals surface area contributed by atoms with Crippen LogP contribution >= 0.6 is 0 Å². The fraction of sp³-hybridized carbons (Fsp3) is 0.0517. The van der Waals surface area contributed by atoms with Crippen LogP contribution in [0.5, 0.6) is 0 Å². The third-order valence-corrected chi connectivity index (χ3v) is 12.4. The summed E-state index contributed by atoms with van der Waals surface area (Å²) in [6.45, 7) is 0. The molecule has 0 radical (unpaired) electrons. The highest BCUT2D eigenvalue weighted by atomic mass is 15.0. The third-order valence-electron chi connectivity index (χ3n) is 12.4. The smallest absolute Gasteiger partial charge is 0.164 e. The van der Waals surface area contributed by atoms with Gasteiger partial charge in [-0.2, -0.15) is 0 Å². The number of rotatable bonds is 7. The van der Waals surface area contributed by atoms with Crippen molar-refractivity contribution in [2.24, 2.45) is 0 Å². The molecule has 3 heterocycles. The molecule has 296 valence electrons. The number of allylic oxidation sites excluding steroid dienone is 5. The molecule has 0 saturated heterocycles. The first-order valence-corrected chi connectivity index (χ1v) is 21.5. The van der Waals surface area contributed by atoms with E-state index in [9.17, 15) is 0 Å². The molecule has 3 aromatic heterocycles. The van der Waals surface area contributed by atoms with E-state index >= 15 is 0 Å². The van der Waals surface area contributed by atoms with Crippen LogP contribution in [-0.2, 0) is 6.42 Å². The zero-order chi connectivity index (χ0) is 41.7. The topological polar surface area (TPSA) is 48.5 Å². The first-order chi connectivity index (χ1) is 31.3. The monoisotopic (exact) mass is 805 g/mol. The number of hydrogen-bond donors (Lipinski definition) is 0. The van der Waals surface area contributed by atoms with Crippen LogP contribution in [0.25, 0.3) is 101 Å². The molecule has 5 nitrogen and oxygen atoms in total. The average molecular weight is 806 g/mol. The average Bonchev–Trinajstić information content (AvgIpc) is 3.71. The Balaban J connectivity index is 1.14. The molecule has 63 heavy (non-hydrogen) atoms. The largest absolute Gasteiger partial charge is 0.313 e. The Morgan fingerprint density at radius 2 is 0.968 bits per heavy atom. The molecule has 0 fully saturated rings. The van der Waals surface area contributed by atoms with Crippen LogP contribution in [0, 0.1) is 11.8 Å². The van der Waals surface area contributed by atoms with Crippen molar-refractivity contribution in [3.8, 4) is 62.8 Å². The van der Waals surface area contributed by atoms with Crippen LogP contribution in [0.2, 0.25) is 0 Å². The van der Waals surface area contributed by atoms with Crippen molar-refractivity contribution >= 4 is 50.1 Å². The lowest BCUT2D eigenvalue weighted by atomic mass is 9.90. The molecule has 0 spiro atoms. The van der Waals surface area contributed by atoms with Gasteiger partial charge in [-0.15, -0.1) is 0 Å². The van der Waals surface area contributed by atoms with E-state index in [0.717, 1.165) is 57.5 Å². The lowest BCUT2D eigenvalue weighted by molar-refractivity contribution is 0.872. The number of hydrogen-bond acceptors (Lipinski definition) is 3. The van der Waals surface area contributed by atoms with E-state index in [1.165, 1.54) is 49.7 Å². The van der Waals surface area contributed by atoms with Gasteiger partial charge in [0.25, 0.3) is 0 Å². The number of aromatic nitrogens is 5. The highest BCUT2D eigenvalue weighted by Crippen LogP contribution is 2.45. The van der Waals surface area contributed by atoms with Gasteiger partial charge in [0.1, 0.15) is 0 Å². The lowest BCUT2D eigenvalue weighted by Crippen LogP contribution is -2.11. The summed E-state index contributed by atoms with van der Waals surface area (Å²) in [6, 6.07) is 62.2. The van der Waals surface area contributed by atoms with Gasteiger partial charge in [-0.1, -0.05) is 170 Å². The van der Waals surface area contributed by atoms with Gasteiger partial charge in [-0.25, -0.2) is 15.0 Å². The second kappa shape index (κ2) is 15.3. The van der Waals surface area contributed by atoms with Gasteiger partial charge in [0, 0.05) is 67.4 Å². The van der Waals surface area contributed by atoms with Gasteiger partial charge < -0.3 is 9.13 Å². The molecule has 2 aliphatic carbocycles. The summed E-state index contributed by atoms with van der Waals surface area (Å²) in [5, 5.41) is 3.78. The summed E-state index contributed by atoms with van der Waals surface area (Å²) in [7, 11) is 0. The fourth-order valence-electron chi connectivity index (χ4n) is 9.56. The Morgan fingerprint density at radius 1 is 0.460 bits per heavy atom. The summed E-state index contributed by atoms with van der Waals surface area (Å²) in [5.74, 6) is 8.54. The molecule has 0 N–H and O–H groups in total. The molecular weight excluding hydrogens is 767 g/mol. The molecule has 0 atom stereocenters. The normalized spacial score (nSPS) is 13.3. The Kier molecular flexibility index (Phi) is 8.86. The van der Waals surface area contributed by atoms with Crippen LogP contribution in [0.1, 0.15) is 29.7 Å². The maximum absolute atomic E-state index is 5.23. The molecule has 0 unspecified atom stereocenters. The zero-order valence-corrected chi connectivity index (χ0v) is 34.4. The second-order valence-electron chi connectivity index (χ2n) is 16.1. The van der Waals surface area contributed by atoms with Crippen molar-refractivity contribution in [3.05, 3.63) is 211 Å². The molecule has 5 heteroatoms. The van der Waals surface area contributed by atoms with Gasteiger partial charge in [0.05, 0.1) is 22.2 Å². The number of para-hydroxylation sites is 3. The highest BCUT2D eigenvalue weighted by Gasteiger charge is 2.28. The number of benzene rings is 7. The second-order valence-corrected chi connectivity index (χ2v) is 16.1. The molecular formula is C58H39N5. The van der Waals surface area contributed by atoms with Crippen molar-refractivity contribution in [3.63, 3.8) is 0 Å². The van der Waals surface area contributed by atoms with Crippen molar-refractivity contribution < 1.29 is 0 Å². The van der Waals surface area contributed by atoms with E-state index in [4.69, 9.17) is 15.0 Å². The van der Waals surface area contributed by atoms with E-state index < -0.39 is 0 Å². The van der Waals surface area contributed by atoms with Crippen LogP contribution in [0.4, 0.5) is 0 Å². The molecule has 2 aliphatic rings. The summed E-state index contributed by atoms with van der Waals surface area (Å²) in [4.78, 5) is 15.5. The van der Waals surface area contributed by atoms with E-state index in [-0.39, 0.29) is 0 Å². The minimum Gasteiger partial charge on any atom is -0.313 e. The minimum absolute atomic E-state index is 0.596. The predicted octanol–water partition coefficient (Wildman–Crippen LogP) is 13.9. The quantitative estimate of drug-likeness (QED) is 0.151. The third kappa shape index (κ3) is 6.31. The standard InChI is InChI=1S/C58H39N5/c1-2-7-21-39(20-6-1)48-36-43(58-60-56(41-24-10-4-11-25-41)59-57(61-58)42-26-12-5-13-27-42)37-49(40-22-8-3-9-23-40)55(48)63-53-33-19-16-30-47(53)50-38-44(34-35-54(50)63)62-51-31-17-14-28-45(51)46-29-15-18-32-52(46)62/h1,3-6,8-20,22-33,36-38H,21,34-35H2. The SMILES string of the molecule is C1#CCC(c2cc(-c3nc(-c4ccccc4)nc(-c4ccccc4)n3)cc(-c3ccccc3)c2-n2c3c(c4ccccc42)C=C(n2c4ccccc4c4ccccc42)CC3)=CC=C1. The van der Waals surface area contributed by atoms with Gasteiger partial charge in [0.15, 0.2) is 17.5 Å². The first-order valence-electron chi connectivity index (χ1n) is 21.5. The van der Waals surface area contributed by atoms with Crippen LogP contribution in [-0.4, -0.2) is 24.1 Å². The van der Waals surface area contributed by atoms with E-state index in [2.05, 4.69) is 179 Å². The van der Waals surface area contributed by atoms with Gasteiger partial charge in [0.2, 0.25) is 0 Å². The lowest BCUT2D eigenvalue weighted by Gasteiger charge is -2.24. The molecule has 0 aliphatic heterocycles. The van der Waals surface area contributed by atoms with Gasteiger partial charge in [-0.3, -0.25) is 0 Å². The van der Waals surface area contributed by atoms with Crippen molar-refractivity contribution in [2.75, 3.05) is 0 Å². The van der Waals surface area contributed by atoms with Crippen molar-refractivity contribution in [1.82, 2.24) is 24.1 Å².